The van der Waals surface area contributed by atoms with Crippen molar-refractivity contribution in [1.82, 2.24) is 15.1 Å². The van der Waals surface area contributed by atoms with Crippen molar-refractivity contribution >= 4 is 15.9 Å². The molecule has 0 bridgehead atoms. The van der Waals surface area contributed by atoms with Crippen molar-refractivity contribution in [3.8, 4) is 22.8 Å². The lowest BCUT2D eigenvalue weighted by Crippen LogP contribution is -2.26. The van der Waals surface area contributed by atoms with E-state index < -0.39 is 0 Å². The standard InChI is InChI=1S/C17H22BrN3O2/c1-4-22-15-9-11(8-13(18)17(15)23-5-2)16-12-10-21(3)7-6-14(12)19-20-16/h8-9H,4-7,10H2,1-3H3,(H,19,20). The summed E-state index contributed by atoms with van der Waals surface area (Å²) in [5.41, 5.74) is 4.55. The van der Waals surface area contributed by atoms with Crippen LogP contribution >= 0.6 is 15.9 Å². The maximum atomic E-state index is 5.77. The highest BCUT2D eigenvalue weighted by molar-refractivity contribution is 9.10. The Labute approximate surface area is 145 Å². The molecule has 0 saturated heterocycles. The third-order valence-electron chi connectivity index (χ3n) is 4.00. The number of benzene rings is 1. The smallest absolute Gasteiger partial charge is 0.175 e. The zero-order valence-corrected chi connectivity index (χ0v) is 15.4. The zero-order valence-electron chi connectivity index (χ0n) is 13.8. The molecule has 0 atom stereocenters. The minimum absolute atomic E-state index is 0.595. The second-order valence-corrected chi connectivity index (χ2v) is 6.52. The molecule has 1 aromatic heterocycles. The van der Waals surface area contributed by atoms with E-state index in [4.69, 9.17) is 9.47 Å². The number of halogens is 1. The number of H-pyrrole nitrogens is 1. The number of aromatic amines is 1. The van der Waals surface area contributed by atoms with E-state index in [1.807, 2.05) is 19.9 Å². The Morgan fingerprint density at radius 3 is 2.78 bits per heavy atom. The van der Waals surface area contributed by atoms with Crippen LogP contribution in [0.4, 0.5) is 0 Å². The molecule has 0 saturated carbocycles. The Bertz CT molecular complexity index is 699. The van der Waals surface area contributed by atoms with Crippen molar-refractivity contribution in [2.24, 2.45) is 0 Å². The van der Waals surface area contributed by atoms with Gasteiger partial charge in [-0.25, -0.2) is 0 Å². The average molecular weight is 380 g/mol. The summed E-state index contributed by atoms with van der Waals surface area (Å²) < 4.78 is 12.4. The zero-order chi connectivity index (χ0) is 16.4. The molecule has 6 heteroatoms. The Hall–Kier alpha value is -1.53. The Kier molecular flexibility index (Phi) is 4.92. The Morgan fingerprint density at radius 1 is 1.26 bits per heavy atom. The van der Waals surface area contributed by atoms with Gasteiger partial charge in [0, 0.05) is 36.3 Å². The van der Waals surface area contributed by atoms with Crippen LogP contribution in [0.1, 0.15) is 25.1 Å². The van der Waals surface area contributed by atoms with Gasteiger partial charge in [0.25, 0.3) is 0 Å². The molecular formula is C17H22BrN3O2. The summed E-state index contributed by atoms with van der Waals surface area (Å²) >= 11 is 3.61. The molecule has 2 aromatic rings. The van der Waals surface area contributed by atoms with Gasteiger partial charge in [0.15, 0.2) is 11.5 Å². The number of likely N-dealkylation sites (N-methyl/N-ethyl adjacent to an activating group) is 1. The molecule has 5 nitrogen and oxygen atoms in total. The molecule has 0 spiro atoms. The summed E-state index contributed by atoms with van der Waals surface area (Å²) in [7, 11) is 2.14. The fourth-order valence-electron chi connectivity index (χ4n) is 2.92. The largest absolute Gasteiger partial charge is 0.490 e. The maximum absolute atomic E-state index is 5.77. The predicted octanol–water partition coefficient (Wildman–Crippen LogP) is 3.62. The molecule has 1 aromatic carbocycles. The number of nitrogens with zero attached hydrogens (tertiary/aromatic N) is 2. The number of ether oxygens (including phenoxy) is 2. The molecule has 3 rings (SSSR count). The van der Waals surface area contributed by atoms with Crippen molar-refractivity contribution in [1.29, 1.82) is 0 Å². The molecular weight excluding hydrogens is 358 g/mol. The van der Waals surface area contributed by atoms with Gasteiger partial charge < -0.3 is 14.4 Å². The highest BCUT2D eigenvalue weighted by Crippen LogP contribution is 2.41. The van der Waals surface area contributed by atoms with E-state index in [1.165, 1.54) is 11.3 Å². The van der Waals surface area contributed by atoms with Crippen LogP contribution in [-0.4, -0.2) is 41.9 Å². The molecule has 2 heterocycles. The fourth-order valence-corrected chi connectivity index (χ4v) is 3.48. The first-order valence-corrected chi connectivity index (χ1v) is 8.77. The van der Waals surface area contributed by atoms with Crippen LogP contribution in [0.25, 0.3) is 11.3 Å². The van der Waals surface area contributed by atoms with E-state index >= 15 is 0 Å². The van der Waals surface area contributed by atoms with Gasteiger partial charge in [-0.1, -0.05) is 0 Å². The van der Waals surface area contributed by atoms with Gasteiger partial charge in [-0.15, -0.1) is 0 Å². The van der Waals surface area contributed by atoms with Crippen molar-refractivity contribution < 1.29 is 9.47 Å². The van der Waals surface area contributed by atoms with Gasteiger partial charge in [0.05, 0.1) is 23.4 Å². The number of nitrogens with one attached hydrogen (secondary N) is 1. The fraction of sp³-hybridized carbons (Fsp3) is 0.471. The average Bonchev–Trinajstić information content (AvgIpc) is 2.93. The second-order valence-electron chi connectivity index (χ2n) is 5.67. The predicted molar refractivity (Wildman–Crippen MR) is 94.1 cm³/mol. The molecule has 0 aliphatic carbocycles. The maximum Gasteiger partial charge on any atom is 0.175 e. The van der Waals surface area contributed by atoms with Gasteiger partial charge in [0.1, 0.15) is 0 Å². The summed E-state index contributed by atoms with van der Waals surface area (Å²) in [6, 6.07) is 4.07. The second kappa shape index (κ2) is 6.93. The third-order valence-corrected chi connectivity index (χ3v) is 4.58. The number of hydrogen-bond donors (Lipinski definition) is 1. The van der Waals surface area contributed by atoms with E-state index in [2.05, 4.69) is 44.1 Å². The molecule has 1 aliphatic rings. The van der Waals surface area contributed by atoms with E-state index in [-0.39, 0.29) is 0 Å². The van der Waals surface area contributed by atoms with Crippen LogP contribution in [0.15, 0.2) is 16.6 Å². The normalized spacial score (nSPS) is 14.6. The first kappa shape index (κ1) is 16.3. The van der Waals surface area contributed by atoms with Gasteiger partial charge in [0.2, 0.25) is 0 Å². The number of hydrogen-bond acceptors (Lipinski definition) is 4. The molecule has 0 unspecified atom stereocenters. The highest BCUT2D eigenvalue weighted by Gasteiger charge is 2.22. The van der Waals surface area contributed by atoms with Crippen LogP contribution in [0.5, 0.6) is 11.5 Å². The third kappa shape index (κ3) is 3.23. The van der Waals surface area contributed by atoms with Crippen LogP contribution in [-0.2, 0) is 13.0 Å². The molecule has 1 N–H and O–H groups in total. The molecule has 0 fully saturated rings. The topological polar surface area (TPSA) is 50.4 Å². The first-order valence-electron chi connectivity index (χ1n) is 7.98. The van der Waals surface area contributed by atoms with Crippen molar-refractivity contribution in [3.05, 3.63) is 27.9 Å². The molecule has 1 aliphatic heterocycles. The van der Waals surface area contributed by atoms with Crippen molar-refractivity contribution in [2.45, 2.75) is 26.8 Å². The van der Waals surface area contributed by atoms with Crippen molar-refractivity contribution in [3.63, 3.8) is 0 Å². The van der Waals surface area contributed by atoms with Crippen LogP contribution in [0.3, 0.4) is 0 Å². The van der Waals surface area contributed by atoms with Gasteiger partial charge in [-0.3, -0.25) is 5.10 Å². The molecule has 0 amide bonds. The lowest BCUT2D eigenvalue weighted by atomic mass is 10.0. The number of aromatic nitrogens is 2. The van der Waals surface area contributed by atoms with Crippen LogP contribution in [0, 0.1) is 0 Å². The monoisotopic (exact) mass is 379 g/mol. The summed E-state index contributed by atoms with van der Waals surface area (Å²) in [5, 5.41) is 7.74. The molecule has 0 radical (unpaired) electrons. The summed E-state index contributed by atoms with van der Waals surface area (Å²) in [6.45, 7) is 7.11. The van der Waals surface area contributed by atoms with E-state index in [0.29, 0.717) is 13.2 Å². The van der Waals surface area contributed by atoms with Crippen LogP contribution < -0.4 is 9.47 Å². The summed E-state index contributed by atoms with van der Waals surface area (Å²) in [6.07, 6.45) is 1.01. The van der Waals surface area contributed by atoms with Gasteiger partial charge in [-0.2, -0.15) is 5.10 Å². The summed E-state index contributed by atoms with van der Waals surface area (Å²) in [5.74, 6) is 1.50. The highest BCUT2D eigenvalue weighted by atomic mass is 79.9. The minimum atomic E-state index is 0.595. The lowest BCUT2D eigenvalue weighted by Gasteiger charge is -2.22. The van der Waals surface area contributed by atoms with E-state index in [1.54, 1.807) is 0 Å². The van der Waals surface area contributed by atoms with E-state index in [0.717, 1.165) is 46.7 Å². The Balaban J connectivity index is 2.05. The van der Waals surface area contributed by atoms with E-state index in [9.17, 15) is 0 Å². The molecule has 23 heavy (non-hydrogen) atoms. The molecule has 124 valence electrons. The number of rotatable bonds is 5. The lowest BCUT2D eigenvalue weighted by molar-refractivity contribution is 0.286. The van der Waals surface area contributed by atoms with Gasteiger partial charge >= 0.3 is 0 Å². The SMILES string of the molecule is CCOc1cc(-c2n[nH]c3c2CN(C)CC3)cc(Br)c1OCC. The summed E-state index contributed by atoms with van der Waals surface area (Å²) in [4.78, 5) is 2.31. The van der Waals surface area contributed by atoms with Crippen molar-refractivity contribution in [2.75, 3.05) is 26.8 Å². The Morgan fingerprint density at radius 2 is 2.04 bits per heavy atom. The quantitative estimate of drug-likeness (QED) is 0.861. The minimum Gasteiger partial charge on any atom is -0.490 e. The number of fused-ring (bicyclic) bond motifs is 1. The van der Waals surface area contributed by atoms with Crippen LogP contribution in [0.2, 0.25) is 0 Å². The van der Waals surface area contributed by atoms with Gasteiger partial charge in [-0.05, 0) is 49.0 Å². The first-order chi connectivity index (χ1) is 11.1.